The van der Waals surface area contributed by atoms with Gasteiger partial charge in [-0.3, -0.25) is 0 Å². The molecule has 1 aromatic carbocycles. The second-order valence-electron chi connectivity index (χ2n) is 4.23. The van der Waals surface area contributed by atoms with Crippen molar-refractivity contribution in [2.75, 3.05) is 11.9 Å². The van der Waals surface area contributed by atoms with Gasteiger partial charge in [0.1, 0.15) is 5.75 Å². The Morgan fingerprint density at radius 2 is 1.94 bits per heavy atom. The third-order valence-electron chi connectivity index (χ3n) is 2.27. The molecule has 17 heavy (non-hydrogen) atoms. The molecule has 0 bridgehead atoms. The van der Waals surface area contributed by atoms with Crippen molar-refractivity contribution in [2.45, 2.75) is 39.2 Å². The van der Waals surface area contributed by atoms with Crippen LogP contribution in [-0.2, 0) is 0 Å². The molecule has 0 aromatic heterocycles. The van der Waals surface area contributed by atoms with Crippen molar-refractivity contribution >= 4 is 5.69 Å². The molecule has 0 saturated heterocycles. The normalized spacial score (nSPS) is 10.0. The molecule has 1 N–H and O–H groups in total. The molecule has 0 unspecified atom stereocenters. The van der Waals surface area contributed by atoms with Crippen LogP contribution in [-0.4, -0.2) is 12.6 Å². The van der Waals surface area contributed by atoms with Crippen molar-refractivity contribution in [1.82, 2.24) is 0 Å². The average molecular weight is 232 g/mol. The summed E-state index contributed by atoms with van der Waals surface area (Å²) in [6.45, 7) is 4.94. The zero-order valence-electron chi connectivity index (χ0n) is 10.6. The summed E-state index contributed by atoms with van der Waals surface area (Å²) >= 11 is 0. The first-order chi connectivity index (χ1) is 8.22. The van der Waals surface area contributed by atoms with Crippen LogP contribution in [0.25, 0.3) is 0 Å². The van der Waals surface area contributed by atoms with Crippen LogP contribution in [0.4, 0.5) is 5.69 Å². The molecule has 92 valence electrons. The highest BCUT2D eigenvalue weighted by Crippen LogP contribution is 2.16. The maximum absolute atomic E-state index is 8.40. The summed E-state index contributed by atoms with van der Waals surface area (Å²) in [6.07, 6.45) is 2.83. The summed E-state index contributed by atoms with van der Waals surface area (Å²) in [5.74, 6) is 0.898. The minimum atomic E-state index is 0.208. The molecule has 0 aliphatic heterocycles. The summed E-state index contributed by atoms with van der Waals surface area (Å²) in [4.78, 5) is 0. The first-order valence-corrected chi connectivity index (χ1v) is 6.10. The Bertz CT molecular complexity index is 351. The molecule has 1 aromatic rings. The minimum absolute atomic E-state index is 0.208. The quantitative estimate of drug-likeness (QED) is 0.731. The van der Waals surface area contributed by atoms with Gasteiger partial charge < -0.3 is 10.1 Å². The third kappa shape index (κ3) is 5.82. The van der Waals surface area contributed by atoms with Crippen molar-refractivity contribution in [3.05, 3.63) is 24.3 Å². The predicted molar refractivity (Wildman–Crippen MR) is 70.2 cm³/mol. The lowest BCUT2D eigenvalue weighted by molar-refractivity contribution is 0.242. The van der Waals surface area contributed by atoms with E-state index < -0.39 is 0 Å². The first kappa shape index (κ1) is 13.4. The number of nitrogens with one attached hydrogen (secondary N) is 1. The van der Waals surface area contributed by atoms with Gasteiger partial charge in [0.2, 0.25) is 0 Å². The molecule has 0 aliphatic rings. The van der Waals surface area contributed by atoms with E-state index in [2.05, 4.69) is 11.4 Å². The highest BCUT2D eigenvalue weighted by molar-refractivity contribution is 5.46. The number of rotatable bonds is 7. The van der Waals surface area contributed by atoms with Gasteiger partial charge in [0, 0.05) is 18.7 Å². The van der Waals surface area contributed by atoms with E-state index in [9.17, 15) is 0 Å². The van der Waals surface area contributed by atoms with Gasteiger partial charge in [-0.1, -0.05) is 0 Å². The largest absolute Gasteiger partial charge is 0.491 e. The molecule has 0 atom stereocenters. The van der Waals surface area contributed by atoms with E-state index in [-0.39, 0.29) is 6.10 Å². The van der Waals surface area contributed by atoms with Crippen molar-refractivity contribution in [3.8, 4) is 11.8 Å². The van der Waals surface area contributed by atoms with E-state index in [0.717, 1.165) is 30.8 Å². The van der Waals surface area contributed by atoms with Gasteiger partial charge in [0.05, 0.1) is 12.2 Å². The van der Waals surface area contributed by atoms with Gasteiger partial charge >= 0.3 is 0 Å². The molecule has 0 fully saturated rings. The van der Waals surface area contributed by atoms with Crippen molar-refractivity contribution in [3.63, 3.8) is 0 Å². The van der Waals surface area contributed by atoms with Crippen LogP contribution in [0.15, 0.2) is 24.3 Å². The molecule has 0 amide bonds. The summed E-state index contributed by atoms with van der Waals surface area (Å²) < 4.78 is 5.56. The van der Waals surface area contributed by atoms with Gasteiger partial charge in [-0.25, -0.2) is 0 Å². The fourth-order valence-corrected chi connectivity index (χ4v) is 1.49. The van der Waals surface area contributed by atoms with E-state index in [1.807, 2.05) is 38.1 Å². The van der Waals surface area contributed by atoms with Gasteiger partial charge in [-0.2, -0.15) is 5.26 Å². The van der Waals surface area contributed by atoms with Crippen LogP contribution >= 0.6 is 0 Å². The fraction of sp³-hybridized carbons (Fsp3) is 0.500. The number of hydrogen-bond acceptors (Lipinski definition) is 3. The zero-order chi connectivity index (χ0) is 12.5. The maximum atomic E-state index is 8.40. The molecule has 0 radical (unpaired) electrons. The Kier molecular flexibility index (Phi) is 5.95. The topological polar surface area (TPSA) is 45.0 Å². The van der Waals surface area contributed by atoms with E-state index in [1.54, 1.807) is 0 Å². The second-order valence-corrected chi connectivity index (χ2v) is 4.23. The highest BCUT2D eigenvalue weighted by atomic mass is 16.5. The van der Waals surface area contributed by atoms with Crippen LogP contribution in [0.2, 0.25) is 0 Å². The number of unbranched alkanes of at least 4 members (excludes halogenated alkanes) is 2. The summed E-state index contributed by atoms with van der Waals surface area (Å²) in [7, 11) is 0. The van der Waals surface area contributed by atoms with Gasteiger partial charge in [0.25, 0.3) is 0 Å². The second kappa shape index (κ2) is 7.56. The number of nitrogens with zero attached hydrogens (tertiary/aromatic N) is 1. The van der Waals surface area contributed by atoms with E-state index in [0.29, 0.717) is 6.42 Å². The molecule has 0 aliphatic carbocycles. The SMILES string of the molecule is CC(C)Oc1ccc(NCCCCC#N)cc1. The highest BCUT2D eigenvalue weighted by Gasteiger charge is 1.97. The van der Waals surface area contributed by atoms with Gasteiger partial charge in [-0.15, -0.1) is 0 Å². The molecule has 0 spiro atoms. The Balaban J connectivity index is 2.28. The Morgan fingerprint density at radius 3 is 2.53 bits per heavy atom. The van der Waals surface area contributed by atoms with Crippen LogP contribution in [0, 0.1) is 11.3 Å². The molecule has 3 nitrogen and oxygen atoms in total. The zero-order valence-corrected chi connectivity index (χ0v) is 10.6. The number of ether oxygens (including phenoxy) is 1. The van der Waals surface area contributed by atoms with Crippen LogP contribution in [0.3, 0.4) is 0 Å². The number of nitriles is 1. The van der Waals surface area contributed by atoms with Crippen LogP contribution in [0.1, 0.15) is 33.1 Å². The lowest BCUT2D eigenvalue weighted by atomic mass is 10.2. The van der Waals surface area contributed by atoms with Crippen molar-refractivity contribution < 1.29 is 4.74 Å². The summed E-state index contributed by atoms with van der Waals surface area (Å²) in [5, 5.41) is 11.7. The number of benzene rings is 1. The summed E-state index contributed by atoms with van der Waals surface area (Å²) in [5.41, 5.74) is 1.10. The predicted octanol–water partition coefficient (Wildman–Crippen LogP) is 3.58. The molecule has 3 heteroatoms. The Hall–Kier alpha value is -1.69. The Labute approximate surface area is 103 Å². The van der Waals surface area contributed by atoms with E-state index in [1.165, 1.54) is 0 Å². The van der Waals surface area contributed by atoms with Crippen LogP contribution in [0.5, 0.6) is 5.75 Å². The molecular formula is C14H20N2O. The Morgan fingerprint density at radius 1 is 1.24 bits per heavy atom. The smallest absolute Gasteiger partial charge is 0.119 e. The van der Waals surface area contributed by atoms with Crippen molar-refractivity contribution in [2.24, 2.45) is 0 Å². The average Bonchev–Trinajstić information content (AvgIpc) is 2.30. The number of anilines is 1. The first-order valence-electron chi connectivity index (χ1n) is 6.10. The number of hydrogen-bond donors (Lipinski definition) is 1. The van der Waals surface area contributed by atoms with Gasteiger partial charge in [-0.05, 0) is 51.0 Å². The van der Waals surface area contributed by atoms with E-state index >= 15 is 0 Å². The minimum Gasteiger partial charge on any atom is -0.491 e. The molecular weight excluding hydrogens is 212 g/mol. The third-order valence-corrected chi connectivity index (χ3v) is 2.27. The molecule has 0 heterocycles. The maximum Gasteiger partial charge on any atom is 0.119 e. The van der Waals surface area contributed by atoms with Crippen LogP contribution < -0.4 is 10.1 Å². The van der Waals surface area contributed by atoms with Crippen molar-refractivity contribution in [1.29, 1.82) is 5.26 Å². The lowest BCUT2D eigenvalue weighted by Gasteiger charge is -2.10. The molecule has 0 saturated carbocycles. The standard InChI is InChI=1S/C14H20N2O/c1-12(2)17-14-8-6-13(7-9-14)16-11-5-3-4-10-15/h6-9,12,16H,3-5,11H2,1-2H3. The monoisotopic (exact) mass is 232 g/mol. The lowest BCUT2D eigenvalue weighted by Crippen LogP contribution is -2.05. The van der Waals surface area contributed by atoms with Gasteiger partial charge in [0.15, 0.2) is 0 Å². The summed E-state index contributed by atoms with van der Waals surface area (Å²) in [6, 6.07) is 10.1. The van der Waals surface area contributed by atoms with E-state index in [4.69, 9.17) is 10.00 Å². The fourth-order valence-electron chi connectivity index (χ4n) is 1.49. The molecule has 1 rings (SSSR count).